The first-order chi connectivity index (χ1) is 11.7. The van der Waals surface area contributed by atoms with Gasteiger partial charge in [-0.15, -0.1) is 0 Å². The van der Waals surface area contributed by atoms with Crippen molar-refractivity contribution in [3.63, 3.8) is 0 Å². The lowest BCUT2D eigenvalue weighted by Gasteiger charge is -2.28. The molecule has 6 nitrogen and oxygen atoms in total. The zero-order valence-electron chi connectivity index (χ0n) is 15.0. The first kappa shape index (κ1) is 20.9. The molecular formula is C18H31O6. The lowest BCUT2D eigenvalue weighted by atomic mass is 9.79. The number of ether oxygens (including phenoxy) is 4. The summed E-state index contributed by atoms with van der Waals surface area (Å²) in [6.07, 6.45) is 7.38. The monoisotopic (exact) mass is 343 g/mol. The zero-order chi connectivity index (χ0) is 17.6. The van der Waals surface area contributed by atoms with Gasteiger partial charge in [-0.25, -0.2) is 0 Å². The molecule has 0 saturated heterocycles. The van der Waals surface area contributed by atoms with Gasteiger partial charge in [0.15, 0.2) is 0 Å². The van der Waals surface area contributed by atoms with Crippen molar-refractivity contribution in [2.24, 2.45) is 11.8 Å². The minimum atomic E-state index is -0.410. The van der Waals surface area contributed by atoms with Gasteiger partial charge in [-0.05, 0) is 51.4 Å². The van der Waals surface area contributed by atoms with Crippen molar-refractivity contribution in [1.82, 2.24) is 0 Å². The van der Waals surface area contributed by atoms with E-state index in [-0.39, 0.29) is 17.9 Å². The maximum atomic E-state index is 12.3. The summed E-state index contributed by atoms with van der Waals surface area (Å²) in [4.78, 5) is 24.5. The highest BCUT2D eigenvalue weighted by molar-refractivity contribution is 5.82. The van der Waals surface area contributed by atoms with Gasteiger partial charge in [-0.2, -0.15) is 0 Å². The minimum Gasteiger partial charge on any atom is -0.465 e. The maximum Gasteiger partial charge on any atom is 0.309 e. The quantitative estimate of drug-likeness (QED) is 0.401. The third kappa shape index (κ3) is 8.11. The van der Waals surface area contributed by atoms with Gasteiger partial charge in [-0.3, -0.25) is 9.59 Å². The summed E-state index contributed by atoms with van der Waals surface area (Å²) in [7, 11) is 3.30. The molecule has 1 radical (unpaired) electrons. The first-order valence-electron chi connectivity index (χ1n) is 8.83. The van der Waals surface area contributed by atoms with Gasteiger partial charge in [0.05, 0.1) is 25.0 Å². The van der Waals surface area contributed by atoms with E-state index in [0.717, 1.165) is 32.1 Å². The molecule has 1 saturated carbocycles. The Bertz CT molecular complexity index is 323. The Labute approximate surface area is 145 Å². The van der Waals surface area contributed by atoms with Crippen LogP contribution in [0.4, 0.5) is 0 Å². The van der Waals surface area contributed by atoms with Crippen LogP contribution < -0.4 is 0 Å². The molecule has 0 amide bonds. The molecule has 6 heteroatoms. The molecule has 0 aromatic carbocycles. The summed E-state index contributed by atoms with van der Waals surface area (Å²) < 4.78 is 20.6. The normalized spacial score (nSPS) is 20.6. The molecule has 0 aromatic rings. The van der Waals surface area contributed by atoms with E-state index in [4.69, 9.17) is 18.9 Å². The summed E-state index contributed by atoms with van der Waals surface area (Å²) >= 11 is 0. The standard InChI is InChI=1S/C18H31O6/c1-21-11-5-7-13-23-17(19)15-9-3-4-10-16(15)18(20)24-14-8-6-12-22-2/h3,15-16H,4-14H2,1-2H3. The molecule has 1 fully saturated rings. The van der Waals surface area contributed by atoms with Crippen molar-refractivity contribution in [3.8, 4) is 0 Å². The molecule has 0 bridgehead atoms. The highest BCUT2D eigenvalue weighted by atomic mass is 16.5. The first-order valence-corrected chi connectivity index (χ1v) is 8.83. The molecule has 1 aliphatic rings. The largest absolute Gasteiger partial charge is 0.465 e. The third-order valence-corrected chi connectivity index (χ3v) is 4.17. The Morgan fingerprint density at radius 2 is 1.33 bits per heavy atom. The van der Waals surface area contributed by atoms with Crippen molar-refractivity contribution in [3.05, 3.63) is 6.42 Å². The van der Waals surface area contributed by atoms with Crippen molar-refractivity contribution in [2.75, 3.05) is 40.6 Å². The number of hydrogen-bond donors (Lipinski definition) is 0. The van der Waals surface area contributed by atoms with Crippen LogP contribution in [0.1, 0.15) is 44.9 Å². The second-order valence-corrected chi connectivity index (χ2v) is 6.05. The fraction of sp³-hybridized carbons (Fsp3) is 0.833. The van der Waals surface area contributed by atoms with Crippen LogP contribution in [0.5, 0.6) is 0 Å². The molecule has 2 unspecified atom stereocenters. The molecule has 0 aromatic heterocycles. The predicted molar refractivity (Wildman–Crippen MR) is 89.3 cm³/mol. The zero-order valence-corrected chi connectivity index (χ0v) is 15.0. The van der Waals surface area contributed by atoms with Crippen LogP contribution >= 0.6 is 0 Å². The third-order valence-electron chi connectivity index (χ3n) is 4.17. The topological polar surface area (TPSA) is 71.1 Å². The average Bonchev–Trinajstić information content (AvgIpc) is 2.61. The molecule has 1 rings (SSSR count). The van der Waals surface area contributed by atoms with Gasteiger partial charge in [0, 0.05) is 27.4 Å². The molecule has 139 valence electrons. The Hall–Kier alpha value is -1.14. The van der Waals surface area contributed by atoms with Crippen LogP contribution in [-0.2, 0) is 28.5 Å². The van der Waals surface area contributed by atoms with Crippen LogP contribution in [0.25, 0.3) is 0 Å². The highest BCUT2D eigenvalue weighted by Gasteiger charge is 2.37. The molecule has 1 aliphatic carbocycles. The lowest BCUT2D eigenvalue weighted by molar-refractivity contribution is -0.162. The van der Waals surface area contributed by atoms with E-state index in [1.54, 1.807) is 14.2 Å². The Kier molecular flexibility index (Phi) is 11.5. The molecule has 0 heterocycles. The second kappa shape index (κ2) is 13.2. The van der Waals surface area contributed by atoms with Gasteiger partial charge in [0.25, 0.3) is 0 Å². The summed E-state index contributed by atoms with van der Waals surface area (Å²) in [5.41, 5.74) is 0. The number of methoxy groups -OCH3 is 2. The summed E-state index contributed by atoms with van der Waals surface area (Å²) in [5, 5.41) is 0. The number of esters is 2. The number of carbonyl (C=O) groups excluding carboxylic acids is 2. The van der Waals surface area contributed by atoms with Crippen molar-refractivity contribution < 1.29 is 28.5 Å². The van der Waals surface area contributed by atoms with Gasteiger partial charge >= 0.3 is 11.9 Å². The van der Waals surface area contributed by atoms with E-state index < -0.39 is 5.92 Å². The number of carbonyl (C=O) groups is 2. The fourth-order valence-corrected chi connectivity index (χ4v) is 2.76. The molecular weight excluding hydrogens is 312 g/mol. The predicted octanol–water partition coefficient (Wildman–Crippen LogP) is 2.55. The fourth-order valence-electron chi connectivity index (χ4n) is 2.76. The maximum absolute atomic E-state index is 12.3. The van der Waals surface area contributed by atoms with Crippen LogP contribution in [0.2, 0.25) is 0 Å². The van der Waals surface area contributed by atoms with Crippen LogP contribution in [0.3, 0.4) is 0 Å². The SMILES string of the molecule is COCCCCOC(=O)C1C[CH]CCC1C(=O)OCCCCOC. The van der Waals surface area contributed by atoms with E-state index in [0.29, 0.717) is 39.3 Å². The van der Waals surface area contributed by atoms with Gasteiger partial charge in [0.2, 0.25) is 0 Å². The molecule has 0 N–H and O–H groups in total. The Balaban J connectivity index is 2.34. The summed E-state index contributed by atoms with van der Waals surface area (Å²) in [6, 6.07) is 0. The van der Waals surface area contributed by atoms with E-state index in [1.807, 2.05) is 0 Å². The van der Waals surface area contributed by atoms with E-state index >= 15 is 0 Å². The molecule has 0 spiro atoms. The second-order valence-electron chi connectivity index (χ2n) is 6.05. The molecule has 2 atom stereocenters. The van der Waals surface area contributed by atoms with Gasteiger partial charge < -0.3 is 18.9 Å². The van der Waals surface area contributed by atoms with E-state index in [9.17, 15) is 9.59 Å². The van der Waals surface area contributed by atoms with Crippen molar-refractivity contribution >= 4 is 11.9 Å². The lowest BCUT2D eigenvalue weighted by Crippen LogP contribution is -2.35. The van der Waals surface area contributed by atoms with Gasteiger partial charge in [-0.1, -0.05) is 0 Å². The smallest absolute Gasteiger partial charge is 0.309 e. The minimum absolute atomic E-state index is 0.276. The highest BCUT2D eigenvalue weighted by Crippen LogP contribution is 2.31. The Morgan fingerprint density at radius 3 is 1.88 bits per heavy atom. The van der Waals surface area contributed by atoms with Crippen LogP contribution in [-0.4, -0.2) is 52.6 Å². The van der Waals surface area contributed by atoms with E-state index in [2.05, 4.69) is 6.42 Å². The number of unbranched alkanes of at least 4 members (excludes halogenated alkanes) is 2. The molecule has 24 heavy (non-hydrogen) atoms. The van der Waals surface area contributed by atoms with Crippen molar-refractivity contribution in [1.29, 1.82) is 0 Å². The van der Waals surface area contributed by atoms with Gasteiger partial charge in [0.1, 0.15) is 0 Å². The van der Waals surface area contributed by atoms with Crippen LogP contribution in [0.15, 0.2) is 0 Å². The molecule has 0 aliphatic heterocycles. The Morgan fingerprint density at radius 1 is 0.833 bits per heavy atom. The summed E-state index contributed by atoms with van der Waals surface area (Å²) in [6.45, 7) is 2.07. The van der Waals surface area contributed by atoms with Crippen LogP contribution in [0, 0.1) is 18.3 Å². The average molecular weight is 343 g/mol. The van der Waals surface area contributed by atoms with E-state index in [1.165, 1.54) is 0 Å². The number of rotatable bonds is 12. The summed E-state index contributed by atoms with van der Waals surface area (Å²) in [5.74, 6) is -1.36. The number of hydrogen-bond acceptors (Lipinski definition) is 6. The van der Waals surface area contributed by atoms with Crippen molar-refractivity contribution in [2.45, 2.75) is 44.9 Å².